The van der Waals surface area contributed by atoms with E-state index in [9.17, 15) is 4.79 Å². The molecule has 1 saturated heterocycles. The fraction of sp³-hybridized carbons (Fsp3) is 0.667. The normalized spacial score (nSPS) is 20.4. The lowest BCUT2D eigenvalue weighted by molar-refractivity contribution is -0.125. The van der Waals surface area contributed by atoms with Gasteiger partial charge < -0.3 is 14.8 Å². The summed E-state index contributed by atoms with van der Waals surface area (Å²) in [5.41, 5.74) is 2.49. The van der Waals surface area contributed by atoms with Gasteiger partial charge in [-0.1, -0.05) is 33.3 Å². The SMILES string of the molecule is C=C1CC(n2c(C)nnc2C(C)C)CCN1CC[C@H](NC(=O)C1CCCC1)c1cc(C)c(C)s1. The molecule has 2 fully saturated rings. The molecule has 2 aliphatic rings. The number of hydrogen-bond donors (Lipinski definition) is 1. The van der Waals surface area contributed by atoms with Gasteiger partial charge in [0.25, 0.3) is 0 Å². The fourth-order valence-electron chi connectivity index (χ4n) is 5.51. The number of nitrogens with one attached hydrogen (secondary N) is 1. The summed E-state index contributed by atoms with van der Waals surface area (Å²) < 4.78 is 2.33. The van der Waals surface area contributed by atoms with Crippen molar-refractivity contribution in [1.29, 1.82) is 0 Å². The Balaban J connectivity index is 1.41. The molecule has 3 heterocycles. The minimum atomic E-state index is 0.0728. The summed E-state index contributed by atoms with van der Waals surface area (Å²) in [4.78, 5) is 18.0. The van der Waals surface area contributed by atoms with Crippen LogP contribution >= 0.6 is 11.3 Å². The lowest BCUT2D eigenvalue weighted by Crippen LogP contribution is -2.37. The lowest BCUT2D eigenvalue weighted by atomic mass is 9.99. The maximum absolute atomic E-state index is 13.0. The maximum atomic E-state index is 13.0. The third-order valence-electron chi connectivity index (χ3n) is 7.68. The number of likely N-dealkylation sites (tertiary alicyclic amines) is 1. The topological polar surface area (TPSA) is 63.1 Å². The van der Waals surface area contributed by atoms with Crippen LogP contribution < -0.4 is 5.32 Å². The first-order chi connectivity index (χ1) is 16.2. The van der Waals surface area contributed by atoms with Gasteiger partial charge in [0.05, 0.1) is 6.04 Å². The predicted molar refractivity (Wildman–Crippen MR) is 139 cm³/mol. The zero-order valence-electron chi connectivity index (χ0n) is 21.6. The van der Waals surface area contributed by atoms with Crippen molar-refractivity contribution in [3.8, 4) is 0 Å². The second-order valence-electron chi connectivity index (χ2n) is 10.5. The number of allylic oxidation sites excluding steroid dienone is 1. The molecule has 1 N–H and O–H groups in total. The van der Waals surface area contributed by atoms with Crippen LogP contribution in [0.15, 0.2) is 18.3 Å². The monoisotopic (exact) mass is 483 g/mol. The van der Waals surface area contributed by atoms with Crippen molar-refractivity contribution in [2.75, 3.05) is 13.1 Å². The Labute approximate surface area is 208 Å². The number of carbonyl (C=O) groups is 1. The van der Waals surface area contributed by atoms with Crippen LogP contribution in [0.4, 0.5) is 0 Å². The van der Waals surface area contributed by atoms with Gasteiger partial charge in [-0.05, 0) is 58.1 Å². The lowest BCUT2D eigenvalue weighted by Gasteiger charge is -2.37. The molecule has 0 spiro atoms. The second-order valence-corrected chi connectivity index (χ2v) is 11.8. The minimum Gasteiger partial charge on any atom is -0.375 e. The Hall–Kier alpha value is -2.15. The molecule has 0 aromatic carbocycles. The van der Waals surface area contributed by atoms with E-state index in [-0.39, 0.29) is 17.9 Å². The van der Waals surface area contributed by atoms with Gasteiger partial charge in [0, 0.05) is 52.8 Å². The molecule has 6 nitrogen and oxygen atoms in total. The molecule has 4 rings (SSSR count). The minimum absolute atomic E-state index is 0.0728. The molecule has 1 saturated carbocycles. The molecule has 2 aromatic heterocycles. The highest BCUT2D eigenvalue weighted by atomic mass is 32.1. The Morgan fingerprint density at radius 3 is 2.56 bits per heavy atom. The summed E-state index contributed by atoms with van der Waals surface area (Å²) in [5, 5.41) is 12.2. The van der Waals surface area contributed by atoms with Gasteiger partial charge in [-0.15, -0.1) is 21.5 Å². The van der Waals surface area contributed by atoms with Crippen molar-refractivity contribution in [2.24, 2.45) is 5.92 Å². The summed E-state index contributed by atoms with van der Waals surface area (Å²) in [6, 6.07) is 2.71. The molecule has 186 valence electrons. The van der Waals surface area contributed by atoms with Gasteiger partial charge >= 0.3 is 0 Å². The Bertz CT molecular complexity index is 997. The molecule has 1 aliphatic heterocycles. The number of aromatic nitrogens is 3. The van der Waals surface area contributed by atoms with Crippen molar-refractivity contribution in [3.05, 3.63) is 45.3 Å². The summed E-state index contributed by atoms with van der Waals surface area (Å²) in [5.74, 6) is 2.86. The van der Waals surface area contributed by atoms with Crippen LogP contribution in [0.3, 0.4) is 0 Å². The van der Waals surface area contributed by atoms with Crippen LogP contribution in [0.2, 0.25) is 0 Å². The van der Waals surface area contributed by atoms with Gasteiger partial charge in [0.1, 0.15) is 11.6 Å². The van der Waals surface area contributed by atoms with E-state index in [4.69, 9.17) is 0 Å². The summed E-state index contributed by atoms with van der Waals surface area (Å²) in [7, 11) is 0. The zero-order chi connectivity index (χ0) is 24.4. The fourth-order valence-corrected chi connectivity index (χ4v) is 6.64. The first-order valence-electron chi connectivity index (χ1n) is 13.0. The van der Waals surface area contributed by atoms with Gasteiger partial charge in [-0.25, -0.2) is 0 Å². The van der Waals surface area contributed by atoms with E-state index in [2.05, 4.69) is 72.2 Å². The van der Waals surface area contributed by atoms with Crippen molar-refractivity contribution < 1.29 is 4.79 Å². The molecule has 7 heteroatoms. The number of hydrogen-bond acceptors (Lipinski definition) is 5. The molecule has 0 bridgehead atoms. The summed E-state index contributed by atoms with van der Waals surface area (Å²) in [6.07, 6.45) is 7.32. The molecule has 2 atom stereocenters. The van der Waals surface area contributed by atoms with Gasteiger partial charge in [-0.3, -0.25) is 4.79 Å². The van der Waals surface area contributed by atoms with Crippen LogP contribution in [0.1, 0.15) is 104 Å². The number of aryl methyl sites for hydroxylation is 3. The van der Waals surface area contributed by atoms with Crippen LogP contribution in [-0.2, 0) is 4.79 Å². The number of rotatable bonds is 8. The Morgan fingerprint density at radius 2 is 1.94 bits per heavy atom. The largest absolute Gasteiger partial charge is 0.375 e. The number of carbonyl (C=O) groups excluding carboxylic acids is 1. The summed E-state index contributed by atoms with van der Waals surface area (Å²) in [6.45, 7) is 17.1. The molecule has 34 heavy (non-hydrogen) atoms. The van der Waals surface area contributed by atoms with E-state index in [1.165, 1.54) is 33.9 Å². The third-order valence-corrected chi connectivity index (χ3v) is 8.95. The molecule has 1 amide bonds. The van der Waals surface area contributed by atoms with Crippen molar-refractivity contribution in [3.63, 3.8) is 0 Å². The highest BCUT2D eigenvalue weighted by Gasteiger charge is 2.29. The number of thiophene rings is 1. The molecule has 1 aliphatic carbocycles. The Morgan fingerprint density at radius 1 is 1.21 bits per heavy atom. The zero-order valence-corrected chi connectivity index (χ0v) is 22.4. The first-order valence-corrected chi connectivity index (χ1v) is 13.8. The first kappa shape index (κ1) is 25.0. The molecule has 2 aromatic rings. The quantitative estimate of drug-likeness (QED) is 0.502. The number of amides is 1. The smallest absolute Gasteiger partial charge is 0.223 e. The van der Waals surface area contributed by atoms with Crippen molar-refractivity contribution in [2.45, 2.75) is 97.6 Å². The highest BCUT2D eigenvalue weighted by Crippen LogP contribution is 2.34. The number of nitrogens with zero attached hydrogens (tertiary/aromatic N) is 4. The van der Waals surface area contributed by atoms with E-state index in [1.807, 2.05) is 11.3 Å². The molecule has 1 unspecified atom stereocenters. The highest BCUT2D eigenvalue weighted by molar-refractivity contribution is 7.12. The number of piperidine rings is 1. The predicted octanol–water partition coefficient (Wildman–Crippen LogP) is 5.98. The Kier molecular flexibility index (Phi) is 7.80. The van der Waals surface area contributed by atoms with E-state index in [1.54, 1.807) is 0 Å². The van der Waals surface area contributed by atoms with Crippen molar-refractivity contribution in [1.82, 2.24) is 25.0 Å². The van der Waals surface area contributed by atoms with Crippen LogP contribution in [0, 0.1) is 26.7 Å². The van der Waals surface area contributed by atoms with Gasteiger partial charge in [0.2, 0.25) is 5.91 Å². The van der Waals surface area contributed by atoms with Crippen LogP contribution in [-0.4, -0.2) is 38.7 Å². The molecule has 0 radical (unpaired) electrons. The van der Waals surface area contributed by atoms with Gasteiger partial charge in [0.15, 0.2) is 0 Å². The molecular weight excluding hydrogens is 442 g/mol. The maximum Gasteiger partial charge on any atom is 0.223 e. The second kappa shape index (κ2) is 10.6. The molecular formula is C27H41N5OS. The third kappa shape index (κ3) is 5.40. The standard InChI is InChI=1S/C27H41N5OS/c1-17(2)26-30-29-21(6)32(26)23-11-13-31(19(4)16-23)14-12-24(25-15-18(3)20(5)34-25)28-27(33)22-9-7-8-10-22/h15,17,22-24H,4,7-14,16H2,1-3,5-6H3,(H,28,33)/t23?,24-/m0/s1. The van der Waals surface area contributed by atoms with Gasteiger partial charge in [-0.2, -0.15) is 0 Å². The van der Waals surface area contributed by atoms with E-state index in [0.29, 0.717) is 12.0 Å². The van der Waals surface area contributed by atoms with Crippen LogP contribution in [0.25, 0.3) is 0 Å². The van der Waals surface area contributed by atoms with Crippen molar-refractivity contribution >= 4 is 17.2 Å². The van der Waals surface area contributed by atoms with E-state index >= 15 is 0 Å². The average molecular weight is 484 g/mol. The summed E-state index contributed by atoms with van der Waals surface area (Å²) >= 11 is 1.83. The van der Waals surface area contributed by atoms with Crippen LogP contribution in [0.5, 0.6) is 0 Å². The average Bonchev–Trinajstić information content (AvgIpc) is 3.53. The van der Waals surface area contributed by atoms with E-state index < -0.39 is 0 Å². The van der Waals surface area contributed by atoms with E-state index in [0.717, 1.165) is 56.8 Å².